The predicted molar refractivity (Wildman–Crippen MR) is 74.4 cm³/mol. The van der Waals surface area contributed by atoms with Crippen molar-refractivity contribution in [1.82, 2.24) is 0 Å². The van der Waals surface area contributed by atoms with Crippen LogP contribution in [0.3, 0.4) is 0 Å². The van der Waals surface area contributed by atoms with Crippen molar-refractivity contribution in [2.24, 2.45) is 0 Å². The van der Waals surface area contributed by atoms with Crippen LogP contribution >= 0.6 is 0 Å². The molecule has 0 heterocycles. The van der Waals surface area contributed by atoms with Gasteiger partial charge in [-0.3, -0.25) is 4.79 Å². The first-order valence-corrected chi connectivity index (χ1v) is 5.84. The second-order valence-corrected chi connectivity index (χ2v) is 4.34. The lowest BCUT2D eigenvalue weighted by atomic mass is 10.1. The molecule has 0 radical (unpaired) electrons. The first-order chi connectivity index (χ1) is 8.63. The molecule has 0 saturated carbocycles. The maximum absolute atomic E-state index is 11.8. The van der Waals surface area contributed by atoms with Gasteiger partial charge in [0, 0.05) is 11.4 Å². The minimum atomic E-state index is -0.0228. The standard InChI is InChI=1S/C15H16N2O/c1-11-3-2-4-14(9-11)17-15(18)10-12-5-7-13(16)8-6-12/h2-9H,10,16H2,1H3,(H,17,18). The fraction of sp³-hybridized carbons (Fsp3) is 0.133. The van der Waals surface area contributed by atoms with Gasteiger partial charge >= 0.3 is 0 Å². The van der Waals surface area contributed by atoms with Crippen molar-refractivity contribution in [3.8, 4) is 0 Å². The summed E-state index contributed by atoms with van der Waals surface area (Å²) in [6.07, 6.45) is 0.355. The Balaban J connectivity index is 1.98. The number of nitrogens with one attached hydrogen (secondary N) is 1. The van der Waals surface area contributed by atoms with Crippen molar-refractivity contribution in [2.45, 2.75) is 13.3 Å². The Bertz CT molecular complexity index is 547. The van der Waals surface area contributed by atoms with Crippen molar-refractivity contribution in [3.63, 3.8) is 0 Å². The molecule has 3 nitrogen and oxygen atoms in total. The van der Waals surface area contributed by atoms with Gasteiger partial charge in [0.25, 0.3) is 0 Å². The molecule has 0 aliphatic carbocycles. The van der Waals surface area contributed by atoms with E-state index in [-0.39, 0.29) is 5.91 Å². The molecule has 0 unspecified atom stereocenters. The molecule has 0 fully saturated rings. The van der Waals surface area contributed by atoms with Gasteiger partial charge in [0.05, 0.1) is 6.42 Å². The van der Waals surface area contributed by atoms with E-state index in [1.807, 2.05) is 43.3 Å². The van der Waals surface area contributed by atoms with Gasteiger partial charge in [0.2, 0.25) is 5.91 Å². The average Bonchev–Trinajstić information content (AvgIpc) is 2.32. The van der Waals surface area contributed by atoms with Gasteiger partial charge in [-0.2, -0.15) is 0 Å². The quantitative estimate of drug-likeness (QED) is 0.810. The summed E-state index contributed by atoms with van der Waals surface area (Å²) in [6, 6.07) is 15.1. The van der Waals surface area contributed by atoms with Crippen LogP contribution in [-0.4, -0.2) is 5.91 Å². The molecule has 0 bridgehead atoms. The summed E-state index contributed by atoms with van der Waals surface area (Å²) in [5.74, 6) is -0.0228. The van der Waals surface area contributed by atoms with E-state index in [1.54, 1.807) is 12.1 Å². The van der Waals surface area contributed by atoms with E-state index in [0.29, 0.717) is 12.1 Å². The molecule has 0 aliphatic heterocycles. The van der Waals surface area contributed by atoms with E-state index in [4.69, 9.17) is 5.73 Å². The van der Waals surface area contributed by atoms with Crippen molar-refractivity contribution < 1.29 is 4.79 Å². The van der Waals surface area contributed by atoms with Crippen molar-refractivity contribution in [1.29, 1.82) is 0 Å². The third-order valence-electron chi connectivity index (χ3n) is 2.65. The average molecular weight is 240 g/mol. The van der Waals surface area contributed by atoms with Crippen molar-refractivity contribution >= 4 is 17.3 Å². The fourth-order valence-electron chi connectivity index (χ4n) is 1.75. The molecule has 1 amide bonds. The number of carbonyl (C=O) groups is 1. The number of nitrogens with two attached hydrogens (primary N) is 1. The molecule has 0 spiro atoms. The monoisotopic (exact) mass is 240 g/mol. The largest absolute Gasteiger partial charge is 0.399 e. The van der Waals surface area contributed by atoms with Crippen molar-refractivity contribution in [3.05, 3.63) is 59.7 Å². The zero-order valence-corrected chi connectivity index (χ0v) is 10.3. The molecule has 0 saturated heterocycles. The summed E-state index contributed by atoms with van der Waals surface area (Å²) < 4.78 is 0. The van der Waals surface area contributed by atoms with Gasteiger partial charge in [0.15, 0.2) is 0 Å². The predicted octanol–water partition coefficient (Wildman–Crippen LogP) is 2.76. The summed E-state index contributed by atoms with van der Waals surface area (Å²) in [7, 11) is 0. The summed E-state index contributed by atoms with van der Waals surface area (Å²) in [4.78, 5) is 11.8. The van der Waals surface area contributed by atoms with Crippen LogP contribution in [0, 0.1) is 6.92 Å². The lowest BCUT2D eigenvalue weighted by molar-refractivity contribution is -0.115. The van der Waals surface area contributed by atoms with Gasteiger partial charge in [0.1, 0.15) is 0 Å². The molecular weight excluding hydrogens is 224 g/mol. The van der Waals surface area contributed by atoms with E-state index in [9.17, 15) is 4.79 Å². The van der Waals surface area contributed by atoms with Crippen LogP contribution < -0.4 is 11.1 Å². The van der Waals surface area contributed by atoms with Gasteiger partial charge in [-0.05, 0) is 42.3 Å². The zero-order chi connectivity index (χ0) is 13.0. The normalized spacial score (nSPS) is 10.1. The lowest BCUT2D eigenvalue weighted by Gasteiger charge is -2.06. The van der Waals surface area contributed by atoms with Crippen LogP contribution in [0.4, 0.5) is 11.4 Å². The van der Waals surface area contributed by atoms with Gasteiger partial charge < -0.3 is 11.1 Å². The highest BCUT2D eigenvalue weighted by Crippen LogP contribution is 2.11. The van der Waals surface area contributed by atoms with Crippen LogP contribution in [0.2, 0.25) is 0 Å². The van der Waals surface area contributed by atoms with Crippen LogP contribution in [0.15, 0.2) is 48.5 Å². The minimum Gasteiger partial charge on any atom is -0.399 e. The molecule has 0 atom stereocenters. The lowest BCUT2D eigenvalue weighted by Crippen LogP contribution is -2.14. The second kappa shape index (κ2) is 5.36. The number of benzene rings is 2. The van der Waals surface area contributed by atoms with Gasteiger partial charge in [-0.1, -0.05) is 24.3 Å². The van der Waals surface area contributed by atoms with Crippen LogP contribution in [0.25, 0.3) is 0 Å². The Morgan fingerprint density at radius 1 is 1.17 bits per heavy atom. The molecule has 0 aliphatic rings. The number of anilines is 2. The third-order valence-corrected chi connectivity index (χ3v) is 2.65. The van der Waals surface area contributed by atoms with E-state index in [1.165, 1.54) is 0 Å². The Labute approximate surface area is 107 Å². The summed E-state index contributed by atoms with van der Waals surface area (Å²) >= 11 is 0. The van der Waals surface area contributed by atoms with Crippen LogP contribution in [-0.2, 0) is 11.2 Å². The number of amides is 1. The SMILES string of the molecule is Cc1cccc(NC(=O)Cc2ccc(N)cc2)c1. The van der Waals surface area contributed by atoms with E-state index >= 15 is 0 Å². The number of hydrogen-bond acceptors (Lipinski definition) is 2. The first-order valence-electron chi connectivity index (χ1n) is 5.84. The second-order valence-electron chi connectivity index (χ2n) is 4.34. The third kappa shape index (κ3) is 3.35. The highest BCUT2D eigenvalue weighted by molar-refractivity contribution is 5.92. The van der Waals surface area contributed by atoms with E-state index in [0.717, 1.165) is 16.8 Å². The number of nitrogen functional groups attached to an aromatic ring is 1. The Hall–Kier alpha value is -2.29. The smallest absolute Gasteiger partial charge is 0.228 e. The minimum absolute atomic E-state index is 0.0228. The maximum Gasteiger partial charge on any atom is 0.228 e. The summed E-state index contributed by atoms with van der Waals surface area (Å²) in [6.45, 7) is 2.00. The Morgan fingerprint density at radius 2 is 1.89 bits per heavy atom. The maximum atomic E-state index is 11.8. The van der Waals surface area contributed by atoms with Gasteiger partial charge in [-0.15, -0.1) is 0 Å². The van der Waals surface area contributed by atoms with E-state index < -0.39 is 0 Å². The molecule has 2 rings (SSSR count). The molecule has 3 N–H and O–H groups in total. The van der Waals surface area contributed by atoms with Gasteiger partial charge in [-0.25, -0.2) is 0 Å². The first kappa shape index (κ1) is 12.2. The number of hydrogen-bond donors (Lipinski definition) is 2. The summed E-state index contributed by atoms with van der Waals surface area (Å²) in [5.41, 5.74) is 9.21. The Morgan fingerprint density at radius 3 is 2.56 bits per heavy atom. The number of aryl methyl sites for hydroxylation is 1. The Kier molecular flexibility index (Phi) is 3.63. The molecule has 2 aromatic carbocycles. The topological polar surface area (TPSA) is 55.1 Å². The molecule has 18 heavy (non-hydrogen) atoms. The molecule has 2 aromatic rings. The number of carbonyl (C=O) groups excluding carboxylic acids is 1. The van der Waals surface area contributed by atoms with Crippen LogP contribution in [0.1, 0.15) is 11.1 Å². The van der Waals surface area contributed by atoms with Crippen LogP contribution in [0.5, 0.6) is 0 Å². The molecule has 3 heteroatoms. The zero-order valence-electron chi connectivity index (χ0n) is 10.3. The molecule has 0 aromatic heterocycles. The van der Waals surface area contributed by atoms with E-state index in [2.05, 4.69) is 5.32 Å². The highest BCUT2D eigenvalue weighted by atomic mass is 16.1. The highest BCUT2D eigenvalue weighted by Gasteiger charge is 2.04. The van der Waals surface area contributed by atoms with Crippen molar-refractivity contribution in [2.75, 3.05) is 11.1 Å². The fourth-order valence-corrected chi connectivity index (χ4v) is 1.75. The number of rotatable bonds is 3. The summed E-state index contributed by atoms with van der Waals surface area (Å²) in [5, 5.41) is 2.88. The molecule has 92 valence electrons. The molecular formula is C15H16N2O.